The van der Waals surface area contributed by atoms with Gasteiger partial charge in [-0.05, 0) is 56.2 Å². The van der Waals surface area contributed by atoms with E-state index in [2.05, 4.69) is 27.1 Å². The monoisotopic (exact) mass is 362 g/mol. The molecule has 2 N–H and O–H groups in total. The van der Waals surface area contributed by atoms with Crippen molar-refractivity contribution in [2.45, 2.75) is 32.9 Å². The Labute approximate surface area is 157 Å². The molecular weight excluding hydrogens is 340 g/mol. The Morgan fingerprint density at radius 1 is 1.11 bits per heavy atom. The minimum Gasteiger partial charge on any atom is -0.345 e. The summed E-state index contributed by atoms with van der Waals surface area (Å²) in [6, 6.07) is 14.9. The molecule has 0 radical (unpaired) electrons. The molecule has 1 saturated carbocycles. The van der Waals surface area contributed by atoms with Gasteiger partial charge in [-0.3, -0.25) is 9.59 Å². The van der Waals surface area contributed by atoms with Crippen molar-refractivity contribution in [1.82, 2.24) is 14.9 Å². The van der Waals surface area contributed by atoms with Gasteiger partial charge in [0.15, 0.2) is 0 Å². The van der Waals surface area contributed by atoms with E-state index < -0.39 is 0 Å². The number of aryl methyl sites for hydroxylation is 1. The maximum absolute atomic E-state index is 12.4. The Morgan fingerprint density at radius 2 is 1.85 bits per heavy atom. The van der Waals surface area contributed by atoms with Gasteiger partial charge in [0, 0.05) is 23.7 Å². The van der Waals surface area contributed by atoms with Gasteiger partial charge in [-0.15, -0.1) is 0 Å². The summed E-state index contributed by atoms with van der Waals surface area (Å²) in [7, 11) is 0. The van der Waals surface area contributed by atoms with Crippen molar-refractivity contribution in [3.8, 4) is 0 Å². The number of fused-ring (bicyclic) bond motifs is 1. The van der Waals surface area contributed by atoms with Gasteiger partial charge in [0.25, 0.3) is 5.91 Å². The zero-order valence-electron chi connectivity index (χ0n) is 15.2. The zero-order valence-corrected chi connectivity index (χ0v) is 15.2. The Morgan fingerprint density at radius 3 is 2.56 bits per heavy atom. The number of para-hydroxylation sites is 2. The summed E-state index contributed by atoms with van der Waals surface area (Å²) in [5, 5.41) is 5.80. The van der Waals surface area contributed by atoms with E-state index in [0.29, 0.717) is 12.1 Å². The van der Waals surface area contributed by atoms with E-state index in [0.717, 1.165) is 41.9 Å². The Bertz CT molecular complexity index is 987. The molecule has 0 spiro atoms. The van der Waals surface area contributed by atoms with Crippen LogP contribution >= 0.6 is 0 Å². The van der Waals surface area contributed by atoms with Gasteiger partial charge < -0.3 is 15.2 Å². The molecule has 27 heavy (non-hydrogen) atoms. The van der Waals surface area contributed by atoms with Crippen molar-refractivity contribution in [2.24, 2.45) is 5.92 Å². The van der Waals surface area contributed by atoms with E-state index >= 15 is 0 Å². The average molecular weight is 362 g/mol. The molecule has 1 aliphatic carbocycles. The maximum Gasteiger partial charge on any atom is 0.251 e. The van der Waals surface area contributed by atoms with Crippen LogP contribution in [0.4, 0.5) is 5.69 Å². The fourth-order valence-electron chi connectivity index (χ4n) is 3.17. The van der Waals surface area contributed by atoms with Gasteiger partial charge in [0.1, 0.15) is 5.82 Å². The smallest absolute Gasteiger partial charge is 0.251 e. The molecule has 0 bridgehead atoms. The van der Waals surface area contributed by atoms with Gasteiger partial charge in [0.05, 0.1) is 17.6 Å². The summed E-state index contributed by atoms with van der Waals surface area (Å²) in [6.07, 6.45) is 1.93. The topological polar surface area (TPSA) is 76.0 Å². The van der Waals surface area contributed by atoms with Crippen molar-refractivity contribution < 1.29 is 9.59 Å². The first-order valence-corrected chi connectivity index (χ1v) is 9.29. The van der Waals surface area contributed by atoms with E-state index in [9.17, 15) is 9.59 Å². The molecule has 2 amide bonds. The number of nitrogens with one attached hydrogen (secondary N) is 2. The Balaban J connectivity index is 1.41. The summed E-state index contributed by atoms with van der Waals surface area (Å²) in [5.74, 6) is 0.890. The van der Waals surface area contributed by atoms with Crippen molar-refractivity contribution in [3.63, 3.8) is 0 Å². The van der Waals surface area contributed by atoms with Gasteiger partial charge in [-0.1, -0.05) is 12.1 Å². The minimum absolute atomic E-state index is 0.0608. The molecule has 6 nitrogen and oxygen atoms in total. The van der Waals surface area contributed by atoms with Crippen LogP contribution in [0.1, 0.15) is 35.9 Å². The molecule has 1 heterocycles. The van der Waals surface area contributed by atoms with Crippen LogP contribution < -0.4 is 10.6 Å². The average Bonchev–Trinajstić information content (AvgIpc) is 3.48. The SMILES string of the molecule is CCn1c(CNC(=O)c2ccc(NC(=O)C3CC3)cc2)nc2ccccc21. The number of benzene rings is 2. The van der Waals surface area contributed by atoms with Gasteiger partial charge in [0.2, 0.25) is 5.91 Å². The number of imidazole rings is 1. The predicted molar refractivity (Wildman–Crippen MR) is 104 cm³/mol. The molecule has 1 fully saturated rings. The largest absolute Gasteiger partial charge is 0.345 e. The molecule has 1 aliphatic rings. The first-order chi connectivity index (χ1) is 13.2. The maximum atomic E-state index is 12.4. The van der Waals surface area contributed by atoms with Crippen LogP contribution in [0.15, 0.2) is 48.5 Å². The van der Waals surface area contributed by atoms with E-state index in [4.69, 9.17) is 0 Å². The van der Waals surface area contributed by atoms with Crippen molar-refractivity contribution in [1.29, 1.82) is 0 Å². The van der Waals surface area contributed by atoms with E-state index in [1.165, 1.54) is 0 Å². The van der Waals surface area contributed by atoms with Crippen LogP contribution in [0.5, 0.6) is 0 Å². The number of hydrogen-bond acceptors (Lipinski definition) is 3. The molecular formula is C21H22N4O2. The lowest BCUT2D eigenvalue weighted by molar-refractivity contribution is -0.117. The van der Waals surface area contributed by atoms with E-state index in [1.54, 1.807) is 24.3 Å². The highest BCUT2D eigenvalue weighted by Gasteiger charge is 2.29. The highest BCUT2D eigenvalue weighted by molar-refractivity contribution is 5.96. The molecule has 3 aromatic rings. The molecule has 4 rings (SSSR count). The second-order valence-electron chi connectivity index (χ2n) is 6.78. The van der Waals surface area contributed by atoms with Gasteiger partial charge in [-0.25, -0.2) is 4.98 Å². The Hall–Kier alpha value is -3.15. The summed E-state index contributed by atoms with van der Waals surface area (Å²) in [4.78, 5) is 28.9. The second-order valence-corrected chi connectivity index (χ2v) is 6.78. The van der Waals surface area contributed by atoms with Crippen LogP contribution in [0, 0.1) is 5.92 Å². The number of anilines is 1. The van der Waals surface area contributed by atoms with E-state index in [-0.39, 0.29) is 17.7 Å². The lowest BCUT2D eigenvalue weighted by Gasteiger charge is -2.09. The molecule has 138 valence electrons. The number of rotatable bonds is 6. The quantitative estimate of drug-likeness (QED) is 0.706. The summed E-state index contributed by atoms with van der Waals surface area (Å²) < 4.78 is 2.10. The highest BCUT2D eigenvalue weighted by atomic mass is 16.2. The number of carbonyl (C=O) groups excluding carboxylic acids is 2. The third-order valence-corrected chi connectivity index (χ3v) is 4.82. The van der Waals surface area contributed by atoms with Crippen LogP contribution in [0.2, 0.25) is 0 Å². The molecule has 0 aliphatic heterocycles. The Kier molecular flexibility index (Phi) is 4.62. The van der Waals surface area contributed by atoms with Crippen molar-refractivity contribution >= 4 is 28.5 Å². The molecule has 1 aromatic heterocycles. The van der Waals surface area contributed by atoms with E-state index in [1.807, 2.05) is 24.3 Å². The number of amides is 2. The van der Waals surface area contributed by atoms with Crippen molar-refractivity contribution in [3.05, 3.63) is 59.9 Å². The number of carbonyl (C=O) groups is 2. The lowest BCUT2D eigenvalue weighted by atomic mass is 10.2. The standard InChI is InChI=1S/C21H22N4O2/c1-2-25-18-6-4-3-5-17(18)24-19(25)13-22-20(26)14-9-11-16(12-10-14)23-21(27)15-7-8-15/h3-6,9-12,15H,2,7-8,13H2,1H3,(H,22,26)(H,23,27). The first kappa shape index (κ1) is 17.3. The summed E-state index contributed by atoms with van der Waals surface area (Å²) >= 11 is 0. The first-order valence-electron chi connectivity index (χ1n) is 9.29. The lowest BCUT2D eigenvalue weighted by Crippen LogP contribution is -2.24. The molecule has 0 atom stereocenters. The fraction of sp³-hybridized carbons (Fsp3) is 0.286. The number of aromatic nitrogens is 2. The molecule has 0 unspecified atom stereocenters. The third-order valence-electron chi connectivity index (χ3n) is 4.82. The van der Waals surface area contributed by atoms with Gasteiger partial charge in [-0.2, -0.15) is 0 Å². The third kappa shape index (κ3) is 3.69. The number of hydrogen-bond donors (Lipinski definition) is 2. The van der Waals surface area contributed by atoms with Crippen LogP contribution in [0.3, 0.4) is 0 Å². The van der Waals surface area contributed by atoms with Crippen LogP contribution in [-0.4, -0.2) is 21.4 Å². The summed E-state index contributed by atoms with van der Waals surface area (Å²) in [6.45, 7) is 3.22. The molecule has 0 saturated heterocycles. The van der Waals surface area contributed by atoms with Crippen LogP contribution in [-0.2, 0) is 17.9 Å². The van der Waals surface area contributed by atoms with Crippen molar-refractivity contribution in [2.75, 3.05) is 5.32 Å². The normalized spacial score (nSPS) is 13.5. The second kappa shape index (κ2) is 7.23. The molecule has 2 aromatic carbocycles. The van der Waals surface area contributed by atoms with Crippen LogP contribution in [0.25, 0.3) is 11.0 Å². The van der Waals surface area contributed by atoms with Gasteiger partial charge >= 0.3 is 0 Å². The highest BCUT2D eigenvalue weighted by Crippen LogP contribution is 2.30. The summed E-state index contributed by atoms with van der Waals surface area (Å²) in [5.41, 5.74) is 3.27. The fourth-order valence-corrected chi connectivity index (χ4v) is 3.17. The molecule has 6 heteroatoms. The number of nitrogens with zero attached hydrogens (tertiary/aromatic N) is 2. The zero-order chi connectivity index (χ0) is 18.8. The predicted octanol–water partition coefficient (Wildman–Crippen LogP) is 3.33. The minimum atomic E-state index is -0.162.